The zero-order valence-corrected chi connectivity index (χ0v) is 40.6. The zero-order valence-electron chi connectivity index (χ0n) is 40.6. The highest BCUT2D eigenvalue weighted by atomic mass is 16.3. The summed E-state index contributed by atoms with van der Waals surface area (Å²) in [6, 6.07) is 97.3. The molecule has 14 aromatic rings. The number of hydrogen-bond acceptors (Lipinski definition) is 4. The van der Waals surface area contributed by atoms with Gasteiger partial charge < -0.3 is 18.6 Å². The molecule has 4 heteroatoms. The molecule has 0 bridgehead atoms. The van der Waals surface area contributed by atoms with Gasteiger partial charge >= 0.3 is 0 Å². The Kier molecular flexibility index (Phi) is 8.92. The molecular formula is C71H44N2O2. The number of para-hydroxylation sites is 3. The average molecular weight is 957 g/mol. The summed E-state index contributed by atoms with van der Waals surface area (Å²) in [5.74, 6) is 0. The van der Waals surface area contributed by atoms with E-state index in [1.807, 2.05) is 6.07 Å². The van der Waals surface area contributed by atoms with Crippen molar-refractivity contribution in [1.29, 1.82) is 0 Å². The Hall–Kier alpha value is -9.90. The van der Waals surface area contributed by atoms with Crippen molar-refractivity contribution in [1.82, 2.24) is 0 Å². The molecule has 350 valence electrons. The van der Waals surface area contributed by atoms with Crippen molar-refractivity contribution in [2.75, 3.05) is 9.80 Å². The number of benzene rings is 12. The minimum Gasteiger partial charge on any atom is -0.456 e. The van der Waals surface area contributed by atoms with Gasteiger partial charge in [0.25, 0.3) is 0 Å². The van der Waals surface area contributed by atoms with Crippen LogP contribution in [0.1, 0.15) is 22.3 Å². The molecule has 0 amide bonds. The van der Waals surface area contributed by atoms with Crippen LogP contribution in [-0.4, -0.2) is 0 Å². The first-order valence-corrected chi connectivity index (χ1v) is 25.7. The number of anilines is 6. The van der Waals surface area contributed by atoms with Crippen LogP contribution in [0.4, 0.5) is 34.1 Å². The van der Waals surface area contributed by atoms with Gasteiger partial charge in [0.2, 0.25) is 0 Å². The molecule has 1 atom stereocenters. The second-order valence-electron chi connectivity index (χ2n) is 19.9. The Balaban J connectivity index is 0.991. The van der Waals surface area contributed by atoms with Gasteiger partial charge in [-0.05, 0) is 140 Å². The summed E-state index contributed by atoms with van der Waals surface area (Å²) in [6.07, 6.45) is 0. The van der Waals surface area contributed by atoms with Gasteiger partial charge in [-0.2, -0.15) is 0 Å². The smallest absolute Gasteiger partial charge is 0.137 e. The highest BCUT2D eigenvalue weighted by Crippen LogP contribution is 2.64. The highest BCUT2D eigenvalue weighted by Gasteiger charge is 2.52. The van der Waals surface area contributed by atoms with Gasteiger partial charge in [0.1, 0.15) is 22.3 Å². The summed E-state index contributed by atoms with van der Waals surface area (Å²) in [5, 5.41) is 6.70. The fourth-order valence-corrected chi connectivity index (χ4v) is 13.0. The van der Waals surface area contributed by atoms with Gasteiger partial charge in [0.05, 0.1) is 33.2 Å². The largest absolute Gasteiger partial charge is 0.456 e. The molecule has 2 aromatic heterocycles. The second-order valence-corrected chi connectivity index (χ2v) is 19.9. The molecule has 1 spiro atoms. The first-order valence-electron chi connectivity index (χ1n) is 25.7. The first-order chi connectivity index (χ1) is 37.2. The summed E-state index contributed by atoms with van der Waals surface area (Å²) in [6.45, 7) is 0. The molecule has 0 radical (unpaired) electrons. The van der Waals surface area contributed by atoms with Crippen molar-refractivity contribution in [3.8, 4) is 33.4 Å². The molecule has 0 saturated heterocycles. The van der Waals surface area contributed by atoms with Crippen LogP contribution >= 0.6 is 0 Å². The standard InChI is InChI=1S/C71H44N2O2/c1-3-20-46(21-4-1)68-50-24-8-7-19-45(50)37-42-63(68)73(62-32-18-36-67-70(62)56-28-12-16-34-65(56)75-67)49-39-41-54-52-26-10-14-30-58(52)71(60(54)44-49)57-29-13-9-25-51(57)53-40-38-48(43-59(53)71)72(47-22-5-2-6-23-47)61-31-17-35-66-69(61)55-27-11-15-33-64(55)74-66/h1-44H. The molecule has 4 nitrogen and oxygen atoms in total. The van der Waals surface area contributed by atoms with Crippen molar-refractivity contribution in [3.05, 3.63) is 289 Å². The minimum atomic E-state index is -0.674. The highest BCUT2D eigenvalue weighted by molar-refractivity contribution is 6.16. The molecule has 2 aliphatic rings. The van der Waals surface area contributed by atoms with Crippen LogP contribution in [0.3, 0.4) is 0 Å². The van der Waals surface area contributed by atoms with Crippen molar-refractivity contribution in [2.24, 2.45) is 0 Å². The molecule has 16 rings (SSSR count). The van der Waals surface area contributed by atoms with E-state index in [-0.39, 0.29) is 0 Å². The topological polar surface area (TPSA) is 32.8 Å². The Labute approximate surface area is 433 Å². The number of nitrogens with zero attached hydrogens (tertiary/aromatic N) is 2. The summed E-state index contributed by atoms with van der Waals surface area (Å²) < 4.78 is 13.2. The van der Waals surface area contributed by atoms with E-state index in [2.05, 4.69) is 271 Å². The zero-order chi connectivity index (χ0) is 49.2. The normalized spacial score (nSPS) is 14.2. The Morgan fingerprint density at radius 3 is 1.36 bits per heavy atom. The number of hydrogen-bond donors (Lipinski definition) is 0. The molecule has 0 aliphatic heterocycles. The van der Waals surface area contributed by atoms with E-state index in [9.17, 15) is 0 Å². The third kappa shape index (κ3) is 5.93. The second kappa shape index (κ2) is 16.1. The van der Waals surface area contributed by atoms with Crippen LogP contribution in [0.15, 0.2) is 276 Å². The number of fused-ring (bicyclic) bond motifs is 17. The van der Waals surface area contributed by atoms with Gasteiger partial charge in [-0.15, -0.1) is 0 Å². The predicted octanol–water partition coefficient (Wildman–Crippen LogP) is 19.6. The lowest BCUT2D eigenvalue weighted by atomic mass is 9.70. The van der Waals surface area contributed by atoms with Gasteiger partial charge in [-0.1, -0.05) is 188 Å². The van der Waals surface area contributed by atoms with E-state index >= 15 is 0 Å². The summed E-state index contributed by atoms with van der Waals surface area (Å²) in [5.41, 5.74) is 21.4. The maximum absolute atomic E-state index is 6.67. The lowest BCUT2D eigenvalue weighted by Crippen LogP contribution is -2.26. The Morgan fingerprint density at radius 1 is 0.280 bits per heavy atom. The van der Waals surface area contributed by atoms with Crippen molar-refractivity contribution in [3.63, 3.8) is 0 Å². The Bertz CT molecular complexity index is 4610. The molecule has 0 saturated carbocycles. The maximum atomic E-state index is 6.67. The van der Waals surface area contributed by atoms with Crippen LogP contribution in [0.2, 0.25) is 0 Å². The van der Waals surface area contributed by atoms with E-state index in [0.29, 0.717) is 0 Å². The monoisotopic (exact) mass is 956 g/mol. The molecule has 0 N–H and O–H groups in total. The summed E-state index contributed by atoms with van der Waals surface area (Å²) in [7, 11) is 0. The molecule has 75 heavy (non-hydrogen) atoms. The average Bonchev–Trinajstić information content (AvgIpc) is 4.40. The SMILES string of the molecule is c1ccc(-c2c(N(c3ccc4c(c3)C3(c5ccccc5-c5ccc(N(c6ccccc6)c6cccc7oc8ccccc8c67)cc53)c3ccccc3-4)c3cccc4oc5ccccc5c34)ccc3ccccc23)cc1. The molecule has 2 aliphatic carbocycles. The lowest BCUT2D eigenvalue weighted by molar-refractivity contribution is 0.668. The molecule has 1 unspecified atom stereocenters. The predicted molar refractivity (Wildman–Crippen MR) is 310 cm³/mol. The van der Waals surface area contributed by atoms with E-state index in [1.165, 1.54) is 60.8 Å². The van der Waals surface area contributed by atoms with Crippen LogP contribution in [-0.2, 0) is 5.41 Å². The van der Waals surface area contributed by atoms with E-state index in [1.54, 1.807) is 0 Å². The third-order valence-electron chi connectivity index (χ3n) is 16.0. The van der Waals surface area contributed by atoms with E-state index in [0.717, 1.165) is 83.6 Å². The lowest BCUT2D eigenvalue weighted by Gasteiger charge is -2.34. The minimum absolute atomic E-state index is 0.674. The number of furan rings is 2. The first kappa shape index (κ1) is 41.7. The molecular weight excluding hydrogens is 913 g/mol. The van der Waals surface area contributed by atoms with Crippen LogP contribution in [0, 0.1) is 0 Å². The fourth-order valence-electron chi connectivity index (χ4n) is 13.0. The summed E-state index contributed by atoms with van der Waals surface area (Å²) in [4.78, 5) is 4.92. The van der Waals surface area contributed by atoms with E-state index in [4.69, 9.17) is 8.83 Å². The van der Waals surface area contributed by atoms with Crippen molar-refractivity contribution < 1.29 is 8.83 Å². The molecule has 12 aromatic carbocycles. The van der Waals surface area contributed by atoms with Crippen molar-refractivity contribution in [2.45, 2.75) is 5.41 Å². The van der Waals surface area contributed by atoms with Crippen LogP contribution in [0.25, 0.3) is 88.0 Å². The molecule has 0 fully saturated rings. The van der Waals surface area contributed by atoms with Gasteiger partial charge in [0, 0.05) is 33.4 Å². The van der Waals surface area contributed by atoms with Gasteiger partial charge in [-0.25, -0.2) is 0 Å². The molecule has 2 heterocycles. The summed E-state index contributed by atoms with van der Waals surface area (Å²) >= 11 is 0. The Morgan fingerprint density at radius 2 is 0.747 bits per heavy atom. The van der Waals surface area contributed by atoms with E-state index < -0.39 is 5.41 Å². The van der Waals surface area contributed by atoms with Crippen molar-refractivity contribution >= 4 is 88.8 Å². The third-order valence-corrected chi connectivity index (χ3v) is 16.0. The quantitative estimate of drug-likeness (QED) is 0.159. The van der Waals surface area contributed by atoms with Gasteiger partial charge in [-0.3, -0.25) is 0 Å². The number of rotatable bonds is 7. The van der Waals surface area contributed by atoms with Gasteiger partial charge in [0.15, 0.2) is 0 Å². The fraction of sp³-hybridized carbons (Fsp3) is 0.0141. The maximum Gasteiger partial charge on any atom is 0.137 e. The van der Waals surface area contributed by atoms with Crippen LogP contribution < -0.4 is 9.80 Å². The van der Waals surface area contributed by atoms with Crippen LogP contribution in [0.5, 0.6) is 0 Å².